The lowest BCUT2D eigenvalue weighted by Gasteiger charge is -2.45. The van der Waals surface area contributed by atoms with Gasteiger partial charge in [-0.1, -0.05) is 332 Å². The summed E-state index contributed by atoms with van der Waals surface area (Å²) in [5.41, 5.74) is 0. The summed E-state index contributed by atoms with van der Waals surface area (Å²) in [6.07, 6.45) is 47.0. The van der Waals surface area contributed by atoms with Crippen LogP contribution in [0.5, 0.6) is 0 Å². The first-order chi connectivity index (χ1) is 49.7. The lowest BCUT2D eigenvalue weighted by molar-refractivity contribution is -0.272. The molecule has 1 heterocycles. The van der Waals surface area contributed by atoms with Crippen molar-refractivity contribution in [2.24, 2.45) is 0 Å². The van der Waals surface area contributed by atoms with Gasteiger partial charge in [-0.05, 0) is 75.9 Å². The molecule has 0 spiro atoms. The van der Waals surface area contributed by atoms with Gasteiger partial charge in [0.25, 0.3) is 0 Å². The van der Waals surface area contributed by atoms with E-state index in [4.69, 9.17) is 32.8 Å². The van der Waals surface area contributed by atoms with Crippen LogP contribution in [0.25, 0.3) is 0 Å². The Balaban J connectivity index is 3.78. The van der Waals surface area contributed by atoms with Crippen molar-refractivity contribution in [3.8, 4) is 0 Å². The van der Waals surface area contributed by atoms with Gasteiger partial charge in [-0.2, -0.15) is 0 Å². The van der Waals surface area contributed by atoms with E-state index in [-0.39, 0.29) is 80.7 Å². The molecule has 8 atom stereocenters. The monoisotopic (exact) mass is 1480 g/mol. The van der Waals surface area contributed by atoms with Crippen molar-refractivity contribution in [1.82, 2.24) is 10.6 Å². The third kappa shape index (κ3) is 54.2. The number of hydrogen-bond acceptors (Lipinski definition) is 14. The molecule has 1 saturated heterocycles. The Morgan fingerprint density at radius 3 is 1.04 bits per heavy atom. The van der Waals surface area contributed by atoms with E-state index in [0.29, 0.717) is 38.5 Å². The zero-order valence-electron chi connectivity index (χ0n) is 68.8. The molecule has 1 aliphatic rings. The molecular weight excluding hydrogens is 1310 g/mol. The minimum atomic E-state index is -2.48. The van der Waals surface area contributed by atoms with Crippen molar-refractivity contribution in [3.05, 3.63) is 0 Å². The van der Waals surface area contributed by atoms with Crippen molar-refractivity contribution in [2.75, 3.05) is 19.8 Å². The van der Waals surface area contributed by atoms with Crippen LogP contribution in [-0.4, -0.2) is 118 Å². The van der Waals surface area contributed by atoms with Crippen LogP contribution in [0.2, 0.25) is 18.1 Å². The van der Waals surface area contributed by atoms with Gasteiger partial charge in [-0.15, -0.1) is 0 Å². The average Bonchev–Trinajstić information content (AvgIpc) is 0.790. The fourth-order valence-corrected chi connectivity index (χ4v) is 14.6. The normalized spacial score (nSPS) is 17.2. The number of amides is 2. The second-order valence-corrected chi connectivity index (χ2v) is 37.1. The summed E-state index contributed by atoms with van der Waals surface area (Å²) < 4.78 is 44.9. The van der Waals surface area contributed by atoms with Crippen LogP contribution in [-0.2, 0) is 61.6 Å². The second-order valence-electron chi connectivity index (χ2n) is 32.3. The number of carbonyl (C=O) groups is 6. The van der Waals surface area contributed by atoms with Crippen molar-refractivity contribution in [2.45, 2.75) is 495 Å². The first-order valence-corrected chi connectivity index (χ1v) is 46.6. The van der Waals surface area contributed by atoms with Gasteiger partial charge >= 0.3 is 23.9 Å². The first-order valence-electron chi connectivity index (χ1n) is 43.7. The van der Waals surface area contributed by atoms with E-state index in [1.54, 1.807) is 0 Å². The van der Waals surface area contributed by atoms with Gasteiger partial charge < -0.3 is 48.6 Å². The van der Waals surface area contributed by atoms with Crippen LogP contribution in [0, 0.1) is 0 Å². The number of rotatable bonds is 72. The molecule has 16 nitrogen and oxygen atoms in total. The smallest absolute Gasteiger partial charge is 0.310 e. The van der Waals surface area contributed by atoms with E-state index in [1.165, 1.54) is 161 Å². The summed E-state index contributed by atoms with van der Waals surface area (Å²) in [6, 6.07) is -1.30. The van der Waals surface area contributed by atoms with Crippen LogP contribution in [0.15, 0.2) is 0 Å². The Hall–Kier alpha value is -3.12. The largest absolute Gasteiger partial charge is 0.462 e. The molecule has 606 valence electrons. The fraction of sp³-hybridized carbons (Fsp3) is 0.930. The third-order valence-electron chi connectivity index (χ3n) is 21.3. The van der Waals surface area contributed by atoms with Gasteiger partial charge in [0, 0.05) is 25.8 Å². The molecule has 0 aromatic carbocycles. The van der Waals surface area contributed by atoms with Gasteiger partial charge in [0.15, 0.2) is 20.7 Å². The highest BCUT2D eigenvalue weighted by Gasteiger charge is 2.50. The molecule has 1 fully saturated rings. The minimum Gasteiger partial charge on any atom is -0.462 e. The molecule has 3 N–H and O–H groups in total. The lowest BCUT2D eigenvalue weighted by atomic mass is 9.96. The molecule has 0 unspecified atom stereocenters. The SMILES string of the molecule is CCCCCCCCCCC[C@H](CC(=O)NCCO[C@@H]1O[C@H](CO[Si](C)(C)C(C)(C)C)[C@@H](O)[C@H](OC(=O)C[C@@H](CCCCCCCCCCC)OC(=O)CCCCCCCCC)[C@H]1NC(=O)C[C@@H](CCCCCCCCCCC)OC(=O)CCCCCCCCC)OC(=O)CCCCCCCCC. The van der Waals surface area contributed by atoms with E-state index in [2.05, 4.69) is 86.0 Å². The predicted octanol–water partition coefficient (Wildman–Crippen LogP) is 22.7. The number of aliphatic hydroxyl groups excluding tert-OH is 1. The van der Waals surface area contributed by atoms with Crippen molar-refractivity contribution >= 4 is 44.0 Å². The van der Waals surface area contributed by atoms with Gasteiger partial charge in [-0.3, -0.25) is 28.8 Å². The standard InChI is InChI=1S/C86H164N2O14Si/c1-12-18-24-30-36-39-45-48-54-60-72(98-78(91)63-57-51-42-33-27-21-15-4)68-76(89)87-66-67-96-85-82(88-77(90)69-73(61-55-49-46-40-37-31-25-19-13-2)99-79(92)64-58-52-43-34-28-22-16-5)84(83(95)75(101-85)71-97-103(10,11)86(7,8)9)102-81(94)70-74(62-56-50-47-41-38-32-26-20-14-3)100-80(93)65-59-53-44-35-29-23-17-6/h72-75,82-85,95H,12-71H2,1-11H3,(H,87,89)(H,88,90)/t72-,73-,74-,75-,82-,83-,84-,85-/m1/s1. The van der Waals surface area contributed by atoms with E-state index >= 15 is 0 Å². The van der Waals surface area contributed by atoms with Crippen molar-refractivity contribution in [3.63, 3.8) is 0 Å². The highest BCUT2D eigenvalue weighted by atomic mass is 28.4. The topological polar surface area (TPSA) is 211 Å². The van der Waals surface area contributed by atoms with E-state index < -0.39 is 69.1 Å². The maximum atomic E-state index is 14.9. The summed E-state index contributed by atoms with van der Waals surface area (Å²) in [7, 11) is -2.48. The Bertz CT molecular complexity index is 2060. The molecular formula is C86H164N2O14Si. The molecule has 0 aliphatic carbocycles. The molecule has 0 radical (unpaired) electrons. The number of esters is 4. The molecule has 1 aliphatic heterocycles. The zero-order chi connectivity index (χ0) is 75.9. The van der Waals surface area contributed by atoms with Crippen LogP contribution < -0.4 is 10.6 Å². The molecule has 0 saturated carbocycles. The molecule has 0 aromatic heterocycles. The summed E-state index contributed by atoms with van der Waals surface area (Å²) in [4.78, 5) is 84.3. The number of ether oxygens (including phenoxy) is 6. The molecule has 0 aromatic rings. The second kappa shape index (κ2) is 65.9. The summed E-state index contributed by atoms with van der Waals surface area (Å²) in [5.74, 6) is -2.49. The first kappa shape index (κ1) is 97.9. The summed E-state index contributed by atoms with van der Waals surface area (Å²) in [6.45, 7) is 23.7. The fourth-order valence-electron chi connectivity index (χ4n) is 13.5. The van der Waals surface area contributed by atoms with Gasteiger partial charge in [0.05, 0.1) is 32.5 Å². The predicted molar refractivity (Wildman–Crippen MR) is 425 cm³/mol. The molecule has 0 bridgehead atoms. The quantitative estimate of drug-likeness (QED) is 0.0224. The highest BCUT2D eigenvalue weighted by Crippen LogP contribution is 2.38. The number of aliphatic hydroxyl groups is 1. The van der Waals surface area contributed by atoms with Crippen LogP contribution in [0.1, 0.15) is 428 Å². The highest BCUT2D eigenvalue weighted by molar-refractivity contribution is 6.74. The number of carbonyl (C=O) groups excluding carboxylic acids is 6. The maximum absolute atomic E-state index is 14.9. The Labute approximate surface area is 633 Å². The molecule has 2 amide bonds. The van der Waals surface area contributed by atoms with Crippen LogP contribution in [0.4, 0.5) is 0 Å². The van der Waals surface area contributed by atoms with Crippen LogP contribution >= 0.6 is 0 Å². The number of nitrogens with one attached hydrogen (secondary N) is 2. The van der Waals surface area contributed by atoms with E-state index in [1.807, 2.05) is 0 Å². The number of hydrogen-bond donors (Lipinski definition) is 3. The Morgan fingerprint density at radius 1 is 0.408 bits per heavy atom. The van der Waals surface area contributed by atoms with Crippen molar-refractivity contribution in [1.29, 1.82) is 0 Å². The van der Waals surface area contributed by atoms with Crippen molar-refractivity contribution < 1.29 is 66.7 Å². The minimum absolute atomic E-state index is 0.00609. The molecule has 17 heteroatoms. The van der Waals surface area contributed by atoms with Gasteiger partial charge in [-0.25, -0.2) is 0 Å². The molecule has 1 rings (SSSR count). The average molecular weight is 1480 g/mol. The Morgan fingerprint density at radius 2 is 0.709 bits per heavy atom. The Kier molecular flexibility index (Phi) is 62.6. The van der Waals surface area contributed by atoms with E-state index in [0.717, 1.165) is 135 Å². The van der Waals surface area contributed by atoms with E-state index in [9.17, 15) is 33.9 Å². The van der Waals surface area contributed by atoms with Gasteiger partial charge in [0.2, 0.25) is 11.8 Å². The maximum Gasteiger partial charge on any atom is 0.310 e. The zero-order valence-corrected chi connectivity index (χ0v) is 69.8. The number of unbranched alkanes of at least 4 members (excludes halogenated alkanes) is 42. The van der Waals surface area contributed by atoms with Crippen LogP contribution in [0.3, 0.4) is 0 Å². The lowest BCUT2D eigenvalue weighted by Crippen LogP contribution is -2.66. The summed E-state index contributed by atoms with van der Waals surface area (Å²) in [5, 5.41) is 18.5. The molecule has 103 heavy (non-hydrogen) atoms. The summed E-state index contributed by atoms with van der Waals surface area (Å²) >= 11 is 0. The van der Waals surface area contributed by atoms with Gasteiger partial charge in [0.1, 0.15) is 36.6 Å². The third-order valence-corrected chi connectivity index (χ3v) is 25.8.